The van der Waals surface area contributed by atoms with Crippen molar-refractivity contribution in [3.05, 3.63) is 34.3 Å². The molecule has 20 heavy (non-hydrogen) atoms. The maximum atomic E-state index is 12.2. The first kappa shape index (κ1) is 17.5. The van der Waals surface area contributed by atoms with Crippen LogP contribution in [0.4, 0.5) is 13.2 Å². The highest BCUT2D eigenvalue weighted by Crippen LogP contribution is 2.23. The van der Waals surface area contributed by atoms with Gasteiger partial charge >= 0.3 is 6.18 Å². The zero-order chi connectivity index (χ0) is 15.0. The summed E-state index contributed by atoms with van der Waals surface area (Å²) in [6.07, 6.45) is -2.28. The number of alkyl halides is 3. The fraction of sp³-hybridized carbons (Fsp3) is 0.600. The minimum absolute atomic E-state index is 0.103. The lowest BCUT2D eigenvalue weighted by Gasteiger charge is -2.19. The molecule has 0 heterocycles. The summed E-state index contributed by atoms with van der Waals surface area (Å²) in [5.74, 6) is 0. The number of hydrogen-bond donors (Lipinski definition) is 1. The van der Waals surface area contributed by atoms with Crippen LogP contribution in [0.2, 0.25) is 0 Å². The number of hydrogen-bond acceptors (Lipinski definition) is 1. The Kier molecular flexibility index (Phi) is 7.59. The summed E-state index contributed by atoms with van der Waals surface area (Å²) in [5, 5.41) is 3.34. The molecular weight excluding hydrogens is 331 g/mol. The predicted octanol–water partition coefficient (Wildman–Crippen LogP) is 5.09. The molecule has 1 atom stereocenters. The standard InChI is InChI=1S/C15H21BrF3N/c1-2-9-20-14(7-4-8-15(17,18)19)11-12-5-3-6-13(16)10-12/h3,5-6,10,14,20H,2,4,7-9,11H2,1H3. The van der Waals surface area contributed by atoms with E-state index in [-0.39, 0.29) is 12.5 Å². The summed E-state index contributed by atoms with van der Waals surface area (Å²) in [5.41, 5.74) is 1.14. The van der Waals surface area contributed by atoms with Gasteiger partial charge in [-0.25, -0.2) is 0 Å². The van der Waals surface area contributed by atoms with E-state index in [0.29, 0.717) is 6.42 Å². The molecule has 0 bridgehead atoms. The monoisotopic (exact) mass is 351 g/mol. The number of rotatable bonds is 8. The fourth-order valence-electron chi connectivity index (χ4n) is 2.12. The van der Waals surface area contributed by atoms with Crippen LogP contribution in [0.15, 0.2) is 28.7 Å². The van der Waals surface area contributed by atoms with Crippen molar-refractivity contribution in [3.8, 4) is 0 Å². The molecule has 114 valence electrons. The van der Waals surface area contributed by atoms with E-state index in [4.69, 9.17) is 0 Å². The van der Waals surface area contributed by atoms with E-state index in [1.807, 2.05) is 24.3 Å². The van der Waals surface area contributed by atoms with Gasteiger partial charge in [-0.3, -0.25) is 0 Å². The number of benzene rings is 1. The van der Waals surface area contributed by atoms with Crippen molar-refractivity contribution in [2.45, 2.75) is 51.2 Å². The number of nitrogens with one attached hydrogen (secondary N) is 1. The van der Waals surface area contributed by atoms with Crippen LogP contribution in [0, 0.1) is 0 Å². The molecule has 0 amide bonds. The van der Waals surface area contributed by atoms with Crippen LogP contribution in [-0.2, 0) is 6.42 Å². The zero-order valence-electron chi connectivity index (χ0n) is 11.6. The highest BCUT2D eigenvalue weighted by molar-refractivity contribution is 9.10. The molecule has 0 aliphatic carbocycles. The van der Waals surface area contributed by atoms with Gasteiger partial charge in [0.1, 0.15) is 0 Å². The second-order valence-corrected chi connectivity index (χ2v) is 5.91. The summed E-state index contributed by atoms with van der Waals surface area (Å²) in [6.45, 7) is 2.89. The largest absolute Gasteiger partial charge is 0.389 e. The van der Waals surface area contributed by atoms with Gasteiger partial charge in [0, 0.05) is 16.9 Å². The number of halogens is 4. The second kappa shape index (κ2) is 8.67. The van der Waals surface area contributed by atoms with E-state index in [0.717, 1.165) is 29.4 Å². The fourth-order valence-corrected chi connectivity index (χ4v) is 2.57. The van der Waals surface area contributed by atoms with Crippen molar-refractivity contribution in [2.75, 3.05) is 6.54 Å². The van der Waals surface area contributed by atoms with Crippen molar-refractivity contribution < 1.29 is 13.2 Å². The quantitative estimate of drug-likeness (QED) is 0.687. The Morgan fingerprint density at radius 1 is 1.30 bits per heavy atom. The maximum absolute atomic E-state index is 12.2. The van der Waals surface area contributed by atoms with Crippen molar-refractivity contribution in [3.63, 3.8) is 0 Å². The van der Waals surface area contributed by atoms with Crippen LogP contribution in [0.3, 0.4) is 0 Å². The highest BCUT2D eigenvalue weighted by atomic mass is 79.9. The molecule has 0 aromatic heterocycles. The van der Waals surface area contributed by atoms with Gasteiger partial charge in [0.15, 0.2) is 0 Å². The topological polar surface area (TPSA) is 12.0 Å². The smallest absolute Gasteiger partial charge is 0.314 e. The van der Waals surface area contributed by atoms with E-state index in [9.17, 15) is 13.2 Å². The molecule has 1 N–H and O–H groups in total. The van der Waals surface area contributed by atoms with Gasteiger partial charge in [-0.2, -0.15) is 13.2 Å². The Morgan fingerprint density at radius 3 is 2.65 bits per heavy atom. The molecule has 0 saturated heterocycles. The molecule has 0 radical (unpaired) electrons. The molecule has 0 saturated carbocycles. The Balaban J connectivity index is 2.50. The highest BCUT2D eigenvalue weighted by Gasteiger charge is 2.26. The van der Waals surface area contributed by atoms with Crippen LogP contribution in [0.1, 0.15) is 38.2 Å². The van der Waals surface area contributed by atoms with Gasteiger partial charge in [0.05, 0.1) is 0 Å². The van der Waals surface area contributed by atoms with E-state index in [1.165, 1.54) is 0 Å². The average molecular weight is 352 g/mol. The van der Waals surface area contributed by atoms with Crippen LogP contribution in [0.5, 0.6) is 0 Å². The second-order valence-electron chi connectivity index (χ2n) is 4.99. The molecule has 0 spiro atoms. The minimum Gasteiger partial charge on any atom is -0.314 e. The third-order valence-electron chi connectivity index (χ3n) is 3.07. The lowest BCUT2D eigenvalue weighted by Crippen LogP contribution is -2.32. The molecule has 1 unspecified atom stereocenters. The lowest BCUT2D eigenvalue weighted by atomic mass is 10.0. The summed E-state index contributed by atoms with van der Waals surface area (Å²) in [7, 11) is 0. The van der Waals surface area contributed by atoms with Gasteiger partial charge in [0.2, 0.25) is 0 Å². The first-order chi connectivity index (χ1) is 9.40. The summed E-state index contributed by atoms with van der Waals surface area (Å²) < 4.78 is 37.6. The van der Waals surface area contributed by atoms with Gasteiger partial charge in [-0.15, -0.1) is 0 Å². The van der Waals surface area contributed by atoms with Crippen LogP contribution in [-0.4, -0.2) is 18.8 Å². The van der Waals surface area contributed by atoms with Gasteiger partial charge in [-0.1, -0.05) is 35.0 Å². The summed E-state index contributed by atoms with van der Waals surface area (Å²) in [6, 6.07) is 8.03. The molecule has 0 aliphatic heterocycles. The molecule has 0 aliphatic rings. The van der Waals surface area contributed by atoms with Crippen molar-refractivity contribution in [1.29, 1.82) is 0 Å². The molecule has 1 aromatic carbocycles. The normalized spacial score (nSPS) is 13.4. The summed E-state index contributed by atoms with van der Waals surface area (Å²) in [4.78, 5) is 0. The lowest BCUT2D eigenvalue weighted by molar-refractivity contribution is -0.135. The Labute approximate surface area is 127 Å². The predicted molar refractivity (Wildman–Crippen MR) is 79.8 cm³/mol. The molecule has 5 heteroatoms. The van der Waals surface area contributed by atoms with E-state index >= 15 is 0 Å². The molecular formula is C15H21BrF3N. The zero-order valence-corrected chi connectivity index (χ0v) is 13.2. The third-order valence-corrected chi connectivity index (χ3v) is 3.56. The first-order valence-corrected chi connectivity index (χ1v) is 7.74. The van der Waals surface area contributed by atoms with E-state index in [2.05, 4.69) is 28.2 Å². The Bertz CT molecular complexity index is 393. The average Bonchev–Trinajstić information content (AvgIpc) is 2.34. The first-order valence-electron chi connectivity index (χ1n) is 6.95. The molecule has 1 rings (SSSR count). The Morgan fingerprint density at radius 2 is 2.05 bits per heavy atom. The maximum Gasteiger partial charge on any atom is 0.389 e. The van der Waals surface area contributed by atoms with Crippen molar-refractivity contribution in [1.82, 2.24) is 5.32 Å². The van der Waals surface area contributed by atoms with Crippen LogP contribution >= 0.6 is 15.9 Å². The summed E-state index contributed by atoms with van der Waals surface area (Å²) >= 11 is 3.41. The van der Waals surface area contributed by atoms with Gasteiger partial charge in [-0.05, 0) is 49.9 Å². The molecule has 1 aromatic rings. The SMILES string of the molecule is CCCNC(CCCC(F)(F)F)Cc1cccc(Br)c1. The van der Waals surface area contributed by atoms with Crippen LogP contribution in [0.25, 0.3) is 0 Å². The van der Waals surface area contributed by atoms with Gasteiger partial charge in [0.25, 0.3) is 0 Å². The van der Waals surface area contributed by atoms with E-state index in [1.54, 1.807) is 0 Å². The van der Waals surface area contributed by atoms with Crippen molar-refractivity contribution in [2.24, 2.45) is 0 Å². The Hall–Kier alpha value is -0.550. The van der Waals surface area contributed by atoms with Gasteiger partial charge < -0.3 is 5.32 Å². The van der Waals surface area contributed by atoms with Crippen molar-refractivity contribution >= 4 is 15.9 Å². The molecule has 1 nitrogen and oxygen atoms in total. The molecule has 0 fully saturated rings. The minimum atomic E-state index is -4.05. The van der Waals surface area contributed by atoms with E-state index < -0.39 is 12.6 Å². The van der Waals surface area contributed by atoms with Crippen LogP contribution < -0.4 is 5.32 Å². The third kappa shape index (κ3) is 7.90.